The Morgan fingerprint density at radius 3 is 2.64 bits per heavy atom. The lowest BCUT2D eigenvalue weighted by Crippen LogP contribution is -1.85. The highest BCUT2D eigenvalue weighted by molar-refractivity contribution is 9.13. The molecule has 0 bridgehead atoms. The summed E-state index contributed by atoms with van der Waals surface area (Å²) in [6.07, 6.45) is 3.48. The van der Waals surface area contributed by atoms with Gasteiger partial charge in [-0.3, -0.25) is 5.10 Å². The van der Waals surface area contributed by atoms with E-state index in [0.29, 0.717) is 0 Å². The zero-order chi connectivity index (χ0) is 8.27. The summed E-state index contributed by atoms with van der Waals surface area (Å²) in [5, 5.41) is 6.98. The zero-order valence-corrected chi connectivity index (χ0v) is 9.50. The third-order valence-electron chi connectivity index (χ3n) is 1.52. The van der Waals surface area contributed by atoms with E-state index in [-0.39, 0.29) is 0 Å². The molecule has 1 N–H and O–H groups in total. The number of nitrogens with one attached hydrogen (secondary N) is 1. The zero-order valence-electron chi connectivity index (χ0n) is 6.32. The molecule has 0 unspecified atom stereocenters. The Morgan fingerprint density at radius 2 is 2.18 bits per heavy atom. The van der Waals surface area contributed by atoms with E-state index in [4.69, 9.17) is 0 Å². The van der Waals surface area contributed by atoms with E-state index < -0.39 is 0 Å². The van der Waals surface area contributed by atoms with Crippen LogP contribution in [0.1, 0.15) is 25.5 Å². The standard InChI is InChI=1S/C7H10Br2N2/c1-2-3-4-5-6(8)7(9)11-10-5/h2-4H2,1H3,(H,10,11). The van der Waals surface area contributed by atoms with Crippen molar-refractivity contribution >= 4 is 31.9 Å². The van der Waals surface area contributed by atoms with Crippen LogP contribution in [0.3, 0.4) is 0 Å². The molecular formula is C7H10Br2N2. The predicted molar refractivity (Wildman–Crippen MR) is 52.6 cm³/mol. The summed E-state index contributed by atoms with van der Waals surface area (Å²) in [5.41, 5.74) is 1.18. The highest BCUT2D eigenvalue weighted by atomic mass is 79.9. The van der Waals surface area contributed by atoms with Crippen LogP contribution in [0.25, 0.3) is 0 Å². The molecular weight excluding hydrogens is 272 g/mol. The van der Waals surface area contributed by atoms with E-state index in [2.05, 4.69) is 49.0 Å². The van der Waals surface area contributed by atoms with Crippen molar-refractivity contribution in [3.63, 3.8) is 0 Å². The molecule has 0 saturated heterocycles. The first-order valence-corrected chi connectivity index (χ1v) is 5.22. The summed E-state index contributed by atoms with van der Waals surface area (Å²) in [7, 11) is 0. The summed E-state index contributed by atoms with van der Waals surface area (Å²) in [6.45, 7) is 2.18. The van der Waals surface area contributed by atoms with Crippen molar-refractivity contribution in [1.29, 1.82) is 0 Å². The highest BCUT2D eigenvalue weighted by Gasteiger charge is 2.06. The van der Waals surface area contributed by atoms with Gasteiger partial charge in [0.05, 0.1) is 10.2 Å². The maximum absolute atomic E-state index is 4.01. The normalized spacial score (nSPS) is 10.5. The molecule has 4 heteroatoms. The van der Waals surface area contributed by atoms with E-state index >= 15 is 0 Å². The summed E-state index contributed by atoms with van der Waals surface area (Å²) in [6, 6.07) is 0. The van der Waals surface area contributed by atoms with Crippen molar-refractivity contribution in [3.8, 4) is 0 Å². The van der Waals surface area contributed by atoms with Gasteiger partial charge < -0.3 is 0 Å². The SMILES string of the molecule is CCCCc1[nH]nc(Br)c1Br. The van der Waals surface area contributed by atoms with Crippen molar-refractivity contribution in [2.24, 2.45) is 0 Å². The second kappa shape index (κ2) is 4.26. The Morgan fingerprint density at radius 1 is 1.45 bits per heavy atom. The lowest BCUT2D eigenvalue weighted by atomic mass is 10.2. The van der Waals surface area contributed by atoms with Crippen LogP contribution < -0.4 is 0 Å². The lowest BCUT2D eigenvalue weighted by molar-refractivity contribution is 0.770. The number of aryl methyl sites for hydroxylation is 1. The van der Waals surface area contributed by atoms with Crippen LogP contribution >= 0.6 is 31.9 Å². The van der Waals surface area contributed by atoms with E-state index in [1.165, 1.54) is 18.5 Å². The fourth-order valence-electron chi connectivity index (χ4n) is 0.858. The smallest absolute Gasteiger partial charge is 0.142 e. The van der Waals surface area contributed by atoms with Crippen molar-refractivity contribution < 1.29 is 0 Å². The van der Waals surface area contributed by atoms with E-state index in [1.54, 1.807) is 0 Å². The molecule has 0 saturated carbocycles. The Bertz CT molecular complexity index is 232. The average molecular weight is 282 g/mol. The third kappa shape index (κ3) is 2.30. The number of rotatable bonds is 3. The molecule has 0 atom stereocenters. The van der Waals surface area contributed by atoms with Crippen LogP contribution in [0.15, 0.2) is 9.08 Å². The molecule has 0 radical (unpaired) electrons. The molecule has 0 aliphatic rings. The molecule has 1 aromatic heterocycles. The summed E-state index contributed by atoms with van der Waals surface area (Å²) in [4.78, 5) is 0. The van der Waals surface area contributed by atoms with Gasteiger partial charge in [-0.15, -0.1) is 0 Å². The van der Waals surface area contributed by atoms with Crippen LogP contribution in [-0.4, -0.2) is 10.2 Å². The van der Waals surface area contributed by atoms with Gasteiger partial charge >= 0.3 is 0 Å². The van der Waals surface area contributed by atoms with Gasteiger partial charge in [-0.1, -0.05) is 13.3 Å². The van der Waals surface area contributed by atoms with E-state index in [1.807, 2.05) is 0 Å². The molecule has 1 aromatic rings. The summed E-state index contributed by atoms with van der Waals surface area (Å²) < 4.78 is 1.93. The number of nitrogens with zero attached hydrogens (tertiary/aromatic N) is 1. The van der Waals surface area contributed by atoms with Crippen molar-refractivity contribution in [1.82, 2.24) is 10.2 Å². The number of aromatic nitrogens is 2. The molecule has 62 valence electrons. The van der Waals surface area contributed by atoms with Crippen molar-refractivity contribution in [3.05, 3.63) is 14.8 Å². The molecule has 2 nitrogen and oxygen atoms in total. The first-order valence-electron chi connectivity index (χ1n) is 3.64. The minimum Gasteiger partial charge on any atom is -0.280 e. The minimum absolute atomic E-state index is 0.864. The first kappa shape index (κ1) is 9.26. The lowest BCUT2D eigenvalue weighted by Gasteiger charge is -1.94. The van der Waals surface area contributed by atoms with Crippen molar-refractivity contribution in [2.45, 2.75) is 26.2 Å². The van der Waals surface area contributed by atoms with E-state index in [0.717, 1.165) is 15.5 Å². The van der Waals surface area contributed by atoms with Gasteiger partial charge in [0.1, 0.15) is 4.60 Å². The van der Waals surface area contributed by atoms with Gasteiger partial charge in [0, 0.05) is 0 Å². The number of hydrogen-bond acceptors (Lipinski definition) is 1. The number of halogens is 2. The number of unbranched alkanes of at least 4 members (excludes halogenated alkanes) is 1. The molecule has 0 aromatic carbocycles. The summed E-state index contributed by atoms with van der Waals surface area (Å²) >= 11 is 6.76. The second-order valence-corrected chi connectivity index (χ2v) is 3.95. The molecule has 1 heterocycles. The van der Waals surface area contributed by atoms with Gasteiger partial charge in [0.25, 0.3) is 0 Å². The topological polar surface area (TPSA) is 28.7 Å². The number of hydrogen-bond donors (Lipinski definition) is 1. The van der Waals surface area contributed by atoms with Crippen LogP contribution in [0.4, 0.5) is 0 Å². The second-order valence-electron chi connectivity index (χ2n) is 2.41. The largest absolute Gasteiger partial charge is 0.280 e. The number of H-pyrrole nitrogens is 1. The average Bonchev–Trinajstić information content (AvgIpc) is 2.31. The first-order chi connectivity index (χ1) is 5.25. The molecule has 1 rings (SSSR count). The number of aromatic amines is 1. The van der Waals surface area contributed by atoms with Gasteiger partial charge in [-0.25, -0.2) is 0 Å². The predicted octanol–water partition coefficient (Wildman–Crippen LogP) is 3.28. The Labute approximate surface area is 83.0 Å². The fourth-order valence-corrected chi connectivity index (χ4v) is 1.56. The Balaban J connectivity index is 2.63. The van der Waals surface area contributed by atoms with Crippen molar-refractivity contribution in [2.75, 3.05) is 0 Å². The van der Waals surface area contributed by atoms with Gasteiger partial charge in [0.15, 0.2) is 0 Å². The molecule has 11 heavy (non-hydrogen) atoms. The molecule has 0 aliphatic carbocycles. The maximum atomic E-state index is 4.01. The van der Waals surface area contributed by atoms with Gasteiger partial charge in [0.2, 0.25) is 0 Å². The minimum atomic E-state index is 0.864. The highest BCUT2D eigenvalue weighted by Crippen LogP contribution is 2.24. The maximum Gasteiger partial charge on any atom is 0.142 e. The van der Waals surface area contributed by atoms with Crippen LogP contribution in [0.2, 0.25) is 0 Å². The molecule has 0 amide bonds. The summed E-state index contributed by atoms with van der Waals surface area (Å²) in [5.74, 6) is 0. The van der Waals surface area contributed by atoms with E-state index in [9.17, 15) is 0 Å². The van der Waals surface area contributed by atoms with Gasteiger partial charge in [-0.2, -0.15) is 5.10 Å². The van der Waals surface area contributed by atoms with Gasteiger partial charge in [-0.05, 0) is 44.7 Å². The van der Waals surface area contributed by atoms with Crippen LogP contribution in [0, 0.1) is 0 Å². The Hall–Kier alpha value is 0.170. The molecule has 0 fully saturated rings. The Kier molecular flexibility index (Phi) is 3.59. The third-order valence-corrected chi connectivity index (χ3v) is 3.48. The quantitative estimate of drug-likeness (QED) is 0.905. The molecule has 0 spiro atoms. The van der Waals surface area contributed by atoms with Crippen LogP contribution in [0.5, 0.6) is 0 Å². The molecule has 0 aliphatic heterocycles. The van der Waals surface area contributed by atoms with Crippen LogP contribution in [-0.2, 0) is 6.42 Å². The monoisotopic (exact) mass is 280 g/mol. The fraction of sp³-hybridized carbons (Fsp3) is 0.571.